The van der Waals surface area contributed by atoms with E-state index in [-0.39, 0.29) is 0 Å². The third-order valence-electron chi connectivity index (χ3n) is 11.0. The van der Waals surface area contributed by atoms with Crippen molar-refractivity contribution in [3.05, 3.63) is 36.4 Å². The summed E-state index contributed by atoms with van der Waals surface area (Å²) in [6.07, 6.45) is 19.2. The summed E-state index contributed by atoms with van der Waals surface area (Å²) < 4.78 is 26.9. The second-order valence-electron chi connectivity index (χ2n) is 15.0. The molecule has 0 heterocycles. The van der Waals surface area contributed by atoms with Gasteiger partial charge in [0, 0.05) is 21.5 Å². The molecule has 0 aromatic heterocycles. The highest BCUT2D eigenvalue weighted by Crippen LogP contribution is 2.46. The highest BCUT2D eigenvalue weighted by molar-refractivity contribution is 6.11. The van der Waals surface area contributed by atoms with Gasteiger partial charge in [-0.3, -0.25) is 0 Å². The summed E-state index contributed by atoms with van der Waals surface area (Å²) in [6, 6.07) is 13.1. The molecule has 50 heavy (non-hydrogen) atoms. The van der Waals surface area contributed by atoms with E-state index in [1.54, 1.807) is 0 Å². The third kappa shape index (κ3) is 12.9. The first-order valence-corrected chi connectivity index (χ1v) is 21.0. The molecular formula is C46H74O4. The standard InChI is InChI=1S/C46H74O4/c1-9-17-21-35(13-5)31-47-39-25-27-41-43(29-39)45(49-33-37(15-7)23-19-11-3)42-28-26-40(48-32-36(14-6)22-18-10-2)30-44(42)46(41)50-34-38(16-8)24-20-12-4/h25-30,35-38H,9-24,31-34H2,1-8H3. The molecule has 0 saturated carbocycles. The molecular weight excluding hydrogens is 617 g/mol. The number of ether oxygens (including phenoxy) is 4. The van der Waals surface area contributed by atoms with E-state index in [4.69, 9.17) is 18.9 Å². The molecule has 0 fully saturated rings. The van der Waals surface area contributed by atoms with Gasteiger partial charge in [0.25, 0.3) is 0 Å². The van der Waals surface area contributed by atoms with Crippen LogP contribution in [0.5, 0.6) is 23.0 Å². The second-order valence-corrected chi connectivity index (χ2v) is 15.0. The Labute approximate surface area is 307 Å². The minimum absolute atomic E-state index is 0.528. The van der Waals surface area contributed by atoms with E-state index in [9.17, 15) is 0 Å². The average molecular weight is 691 g/mol. The first-order chi connectivity index (χ1) is 24.5. The number of fused-ring (bicyclic) bond motifs is 2. The molecule has 4 nitrogen and oxygen atoms in total. The first kappa shape index (κ1) is 41.8. The maximum Gasteiger partial charge on any atom is 0.135 e. The minimum Gasteiger partial charge on any atom is -0.493 e. The second kappa shape index (κ2) is 23.8. The van der Waals surface area contributed by atoms with Gasteiger partial charge in [-0.25, -0.2) is 0 Å². The third-order valence-corrected chi connectivity index (χ3v) is 11.0. The van der Waals surface area contributed by atoms with Gasteiger partial charge in [-0.05, 0) is 85.8 Å². The lowest BCUT2D eigenvalue weighted by Gasteiger charge is -2.23. The predicted molar refractivity (Wildman–Crippen MR) is 217 cm³/mol. The number of hydrogen-bond donors (Lipinski definition) is 0. The van der Waals surface area contributed by atoms with E-state index in [1.165, 1.54) is 77.0 Å². The maximum atomic E-state index is 6.94. The number of hydrogen-bond acceptors (Lipinski definition) is 4. The van der Waals surface area contributed by atoms with Crippen molar-refractivity contribution in [1.82, 2.24) is 0 Å². The Morgan fingerprint density at radius 3 is 0.960 bits per heavy atom. The topological polar surface area (TPSA) is 36.9 Å². The van der Waals surface area contributed by atoms with Crippen molar-refractivity contribution in [1.29, 1.82) is 0 Å². The Bertz CT molecular complexity index is 1250. The van der Waals surface area contributed by atoms with E-state index in [0.29, 0.717) is 36.9 Å². The van der Waals surface area contributed by atoms with Crippen molar-refractivity contribution in [2.45, 2.75) is 158 Å². The molecule has 3 rings (SSSR count). The van der Waals surface area contributed by atoms with Crippen molar-refractivity contribution in [3.8, 4) is 23.0 Å². The van der Waals surface area contributed by atoms with E-state index in [2.05, 4.69) is 91.8 Å². The van der Waals surface area contributed by atoms with Crippen LogP contribution in [0.4, 0.5) is 0 Å². The van der Waals surface area contributed by atoms with Gasteiger partial charge in [0.1, 0.15) is 23.0 Å². The molecule has 0 radical (unpaired) electrons. The van der Waals surface area contributed by atoms with Gasteiger partial charge in [-0.15, -0.1) is 0 Å². The molecule has 4 atom stereocenters. The van der Waals surface area contributed by atoms with Crippen LogP contribution in [-0.2, 0) is 0 Å². The highest BCUT2D eigenvalue weighted by Gasteiger charge is 2.21. The van der Waals surface area contributed by atoms with Crippen LogP contribution >= 0.6 is 0 Å². The number of rotatable bonds is 28. The summed E-state index contributed by atoms with van der Waals surface area (Å²) >= 11 is 0. The average Bonchev–Trinajstić information content (AvgIpc) is 3.15. The molecule has 3 aromatic carbocycles. The molecule has 0 bridgehead atoms. The summed E-state index contributed by atoms with van der Waals surface area (Å²) in [5, 5.41) is 4.35. The van der Waals surface area contributed by atoms with Crippen LogP contribution in [0.2, 0.25) is 0 Å². The van der Waals surface area contributed by atoms with Gasteiger partial charge in [-0.1, -0.05) is 132 Å². The first-order valence-electron chi connectivity index (χ1n) is 21.0. The predicted octanol–water partition coefficient (Wildman–Crippen LogP) is 14.4. The summed E-state index contributed by atoms with van der Waals surface area (Å²) in [6.45, 7) is 21.2. The Morgan fingerprint density at radius 2 is 0.680 bits per heavy atom. The molecule has 0 amide bonds. The summed E-state index contributed by atoms with van der Waals surface area (Å²) in [7, 11) is 0. The zero-order valence-corrected chi connectivity index (χ0v) is 33.5. The largest absolute Gasteiger partial charge is 0.493 e. The lowest BCUT2D eigenvalue weighted by molar-refractivity contribution is 0.230. The minimum atomic E-state index is 0.528. The van der Waals surface area contributed by atoms with Crippen LogP contribution in [0.3, 0.4) is 0 Å². The van der Waals surface area contributed by atoms with Crippen molar-refractivity contribution in [2.24, 2.45) is 23.7 Å². The molecule has 4 heteroatoms. The van der Waals surface area contributed by atoms with Crippen molar-refractivity contribution < 1.29 is 18.9 Å². The lowest BCUT2D eigenvalue weighted by atomic mass is 9.98. The zero-order chi connectivity index (χ0) is 36.1. The fraction of sp³-hybridized carbons (Fsp3) is 0.696. The van der Waals surface area contributed by atoms with Gasteiger partial charge >= 0.3 is 0 Å². The SMILES string of the molecule is CCCCC(CC)COc1ccc2c(OCC(CC)CCCC)c3cc(OCC(CC)CCCC)ccc3c(OCC(CC)CCCC)c2c1. The van der Waals surface area contributed by atoms with Crippen LogP contribution in [-0.4, -0.2) is 26.4 Å². The molecule has 0 N–H and O–H groups in total. The molecule has 0 aliphatic rings. The van der Waals surface area contributed by atoms with E-state index in [1.807, 2.05) is 0 Å². The van der Waals surface area contributed by atoms with Crippen LogP contribution in [0.1, 0.15) is 158 Å². The zero-order valence-electron chi connectivity index (χ0n) is 33.5. The normalized spacial score (nSPS) is 14.1. The van der Waals surface area contributed by atoms with Crippen LogP contribution in [0, 0.1) is 23.7 Å². The Kier molecular flexibility index (Phi) is 19.9. The molecule has 0 spiro atoms. The summed E-state index contributed by atoms with van der Waals surface area (Å²) in [5.74, 6) is 5.91. The number of unbranched alkanes of at least 4 members (excludes halogenated alkanes) is 4. The van der Waals surface area contributed by atoms with Gasteiger partial charge in [0.2, 0.25) is 0 Å². The fourth-order valence-corrected chi connectivity index (χ4v) is 7.02. The molecule has 0 aliphatic heterocycles. The highest BCUT2D eigenvalue weighted by atomic mass is 16.5. The molecule has 0 aliphatic carbocycles. The Hall–Kier alpha value is -2.62. The van der Waals surface area contributed by atoms with Crippen LogP contribution in [0.25, 0.3) is 21.5 Å². The van der Waals surface area contributed by atoms with Crippen LogP contribution in [0.15, 0.2) is 36.4 Å². The molecule has 4 unspecified atom stereocenters. The van der Waals surface area contributed by atoms with Gasteiger partial charge < -0.3 is 18.9 Å². The van der Waals surface area contributed by atoms with E-state index in [0.717, 1.165) is 83.4 Å². The van der Waals surface area contributed by atoms with Gasteiger partial charge in [0.15, 0.2) is 0 Å². The molecule has 3 aromatic rings. The van der Waals surface area contributed by atoms with E-state index >= 15 is 0 Å². The van der Waals surface area contributed by atoms with Gasteiger partial charge in [0.05, 0.1) is 26.4 Å². The smallest absolute Gasteiger partial charge is 0.135 e. The molecule has 0 saturated heterocycles. The monoisotopic (exact) mass is 691 g/mol. The van der Waals surface area contributed by atoms with Crippen LogP contribution < -0.4 is 18.9 Å². The fourth-order valence-electron chi connectivity index (χ4n) is 7.02. The van der Waals surface area contributed by atoms with Gasteiger partial charge in [-0.2, -0.15) is 0 Å². The maximum absolute atomic E-state index is 6.94. The molecule has 282 valence electrons. The Morgan fingerprint density at radius 1 is 0.380 bits per heavy atom. The van der Waals surface area contributed by atoms with E-state index < -0.39 is 0 Å². The quantitative estimate of drug-likeness (QED) is 0.0711. The summed E-state index contributed by atoms with van der Waals surface area (Å²) in [4.78, 5) is 0. The lowest BCUT2D eigenvalue weighted by Crippen LogP contribution is -2.14. The number of benzene rings is 3. The van der Waals surface area contributed by atoms with Crippen molar-refractivity contribution in [2.75, 3.05) is 26.4 Å². The van der Waals surface area contributed by atoms with Crippen molar-refractivity contribution in [3.63, 3.8) is 0 Å². The van der Waals surface area contributed by atoms with Crippen molar-refractivity contribution >= 4 is 21.5 Å². The summed E-state index contributed by atoms with van der Waals surface area (Å²) in [5.41, 5.74) is 0. The Balaban J connectivity index is 2.14.